The first-order chi connectivity index (χ1) is 27.3. The van der Waals surface area contributed by atoms with Gasteiger partial charge >= 0.3 is 11.9 Å². The molecule has 0 aromatic heterocycles. The van der Waals surface area contributed by atoms with Gasteiger partial charge in [-0.1, -0.05) is 12.1 Å². The number of aliphatic hydroxyl groups excluding tert-OH is 1. The van der Waals surface area contributed by atoms with Gasteiger partial charge in [0.15, 0.2) is 12.1 Å². The molecule has 1 amide bonds. The SMILES string of the molecule is COc1cccc2c1C(=O)c1c(O)c3c(c(O)c1C2=O)C[C@@](O)(C(=O)N(C)CCN(C)C(C)C)C[C@@H]3OC1CC(NCCCC(OC(C)=O)OC(C)=O)C(O)C(C)O1. The number of benzene rings is 2. The number of hydrogen-bond acceptors (Lipinski definition) is 16. The number of esters is 2. The van der Waals surface area contributed by atoms with E-state index in [1.807, 2.05) is 25.8 Å². The summed E-state index contributed by atoms with van der Waals surface area (Å²) in [6.45, 7) is 9.06. The van der Waals surface area contributed by atoms with Crippen LogP contribution in [-0.4, -0.2) is 143 Å². The largest absolute Gasteiger partial charge is 0.507 e. The quantitative estimate of drug-likeness (QED) is 0.0640. The minimum atomic E-state index is -2.21. The molecule has 1 aliphatic heterocycles. The monoisotopic (exact) mass is 813 g/mol. The van der Waals surface area contributed by atoms with Gasteiger partial charge in [-0.2, -0.15) is 0 Å². The molecule has 4 unspecified atom stereocenters. The zero-order chi connectivity index (χ0) is 42.8. The molecule has 5 N–H and O–H groups in total. The maximum atomic E-state index is 14.1. The number of nitrogens with zero attached hydrogens (tertiary/aromatic N) is 2. The Morgan fingerprint density at radius 2 is 1.66 bits per heavy atom. The molecule has 1 saturated heterocycles. The molecule has 2 aliphatic carbocycles. The highest BCUT2D eigenvalue weighted by Gasteiger charge is 2.51. The highest BCUT2D eigenvalue weighted by atomic mass is 16.7. The Bertz CT molecular complexity index is 1900. The van der Waals surface area contributed by atoms with Crippen LogP contribution in [0.3, 0.4) is 0 Å². The van der Waals surface area contributed by atoms with Crippen LogP contribution in [-0.2, 0) is 39.8 Å². The number of rotatable bonds is 15. The molecule has 1 fully saturated rings. The number of aliphatic hydroxyl groups is 2. The second-order valence-corrected chi connectivity index (χ2v) is 15.6. The third-order valence-corrected chi connectivity index (χ3v) is 11.1. The standard InChI is InChI=1S/C41H55N3O14/c1-20(2)43(6)15-16-44(7)40(52)41(53)18-25-32(39(51)34-33(37(25)49)36(48)24-11-9-12-27(54-8)31(24)38(34)50)28(19-41)58-30-17-26(35(47)21(3)55-30)42-14-10-13-29(56-22(4)45)57-23(5)46/h9,11-12,20-21,26,28-30,35,42,47,49,51,53H,10,13-19H2,1-8H3/t21?,26?,28-,30?,35?,41-/m0/s1. The minimum absolute atomic E-state index is 0.0299. The van der Waals surface area contributed by atoms with Crippen molar-refractivity contribution in [1.82, 2.24) is 15.1 Å². The van der Waals surface area contributed by atoms with E-state index in [1.54, 1.807) is 14.0 Å². The number of carbonyl (C=O) groups is 5. The molecule has 2 aromatic carbocycles. The average molecular weight is 814 g/mol. The van der Waals surface area contributed by atoms with Crippen molar-refractivity contribution in [3.8, 4) is 17.2 Å². The molecule has 0 saturated carbocycles. The van der Waals surface area contributed by atoms with E-state index >= 15 is 0 Å². The van der Waals surface area contributed by atoms with Crippen molar-refractivity contribution in [3.05, 3.63) is 51.6 Å². The van der Waals surface area contributed by atoms with Crippen molar-refractivity contribution in [3.63, 3.8) is 0 Å². The Kier molecular flexibility index (Phi) is 13.9. The Balaban J connectivity index is 1.48. The molecular weight excluding hydrogens is 758 g/mol. The Morgan fingerprint density at radius 1 is 1.00 bits per heavy atom. The predicted molar refractivity (Wildman–Crippen MR) is 205 cm³/mol. The minimum Gasteiger partial charge on any atom is -0.507 e. The number of amides is 1. The third kappa shape index (κ3) is 9.14. The summed E-state index contributed by atoms with van der Waals surface area (Å²) in [4.78, 5) is 68.6. The molecule has 1 heterocycles. The molecule has 6 atom stereocenters. The van der Waals surface area contributed by atoms with Crippen LogP contribution in [0.25, 0.3) is 0 Å². The molecular formula is C41H55N3O14. The maximum absolute atomic E-state index is 14.1. The lowest BCUT2D eigenvalue weighted by molar-refractivity contribution is -0.250. The number of likely N-dealkylation sites (N-methyl/N-ethyl adjacent to an activating group) is 2. The van der Waals surface area contributed by atoms with E-state index in [-0.39, 0.29) is 53.4 Å². The van der Waals surface area contributed by atoms with E-state index in [1.165, 1.54) is 44.1 Å². The first kappa shape index (κ1) is 44.5. The molecule has 5 rings (SSSR count). The van der Waals surface area contributed by atoms with Crippen LogP contribution in [0.2, 0.25) is 0 Å². The fraction of sp³-hybridized carbons (Fsp3) is 0.585. The highest BCUT2D eigenvalue weighted by Crippen LogP contribution is 2.52. The molecule has 0 spiro atoms. The summed E-state index contributed by atoms with van der Waals surface area (Å²) in [5.74, 6) is -4.69. The van der Waals surface area contributed by atoms with Crippen LogP contribution in [0.4, 0.5) is 0 Å². The second kappa shape index (κ2) is 18.1. The van der Waals surface area contributed by atoms with Gasteiger partial charge in [-0.3, -0.25) is 24.0 Å². The predicted octanol–water partition coefficient (Wildman–Crippen LogP) is 2.10. The van der Waals surface area contributed by atoms with Gasteiger partial charge in [-0.15, -0.1) is 0 Å². The summed E-state index contributed by atoms with van der Waals surface area (Å²) in [5, 5.41) is 50.4. The van der Waals surface area contributed by atoms with Crippen LogP contribution in [0.15, 0.2) is 18.2 Å². The van der Waals surface area contributed by atoms with Gasteiger partial charge in [-0.05, 0) is 46.9 Å². The summed E-state index contributed by atoms with van der Waals surface area (Å²) in [6.07, 6.45) is -5.75. The second-order valence-electron chi connectivity index (χ2n) is 15.6. The van der Waals surface area contributed by atoms with Crippen molar-refractivity contribution in [1.29, 1.82) is 0 Å². The summed E-state index contributed by atoms with van der Waals surface area (Å²) in [6, 6.07) is 3.98. The van der Waals surface area contributed by atoms with E-state index in [0.29, 0.717) is 19.5 Å². The molecule has 2 aromatic rings. The summed E-state index contributed by atoms with van der Waals surface area (Å²) >= 11 is 0. The van der Waals surface area contributed by atoms with E-state index in [9.17, 15) is 44.4 Å². The van der Waals surface area contributed by atoms with Crippen molar-refractivity contribution in [2.24, 2.45) is 0 Å². The molecule has 17 heteroatoms. The topological polar surface area (TPSA) is 231 Å². The number of hydrogen-bond donors (Lipinski definition) is 5. The summed E-state index contributed by atoms with van der Waals surface area (Å²) in [7, 11) is 4.78. The molecule has 17 nitrogen and oxygen atoms in total. The lowest BCUT2D eigenvalue weighted by Crippen LogP contribution is -2.55. The average Bonchev–Trinajstić information content (AvgIpc) is 3.16. The first-order valence-corrected chi connectivity index (χ1v) is 19.4. The lowest BCUT2D eigenvalue weighted by atomic mass is 9.72. The van der Waals surface area contributed by atoms with Crippen molar-refractivity contribution < 1.29 is 68.1 Å². The summed E-state index contributed by atoms with van der Waals surface area (Å²) < 4.78 is 28.0. The van der Waals surface area contributed by atoms with Crippen LogP contribution in [0.5, 0.6) is 17.2 Å². The number of nitrogens with one attached hydrogen (secondary N) is 1. The molecule has 0 bridgehead atoms. The summed E-state index contributed by atoms with van der Waals surface area (Å²) in [5.41, 5.74) is -3.52. The van der Waals surface area contributed by atoms with Crippen LogP contribution in [0.1, 0.15) is 109 Å². The van der Waals surface area contributed by atoms with Crippen molar-refractivity contribution in [2.75, 3.05) is 40.8 Å². The van der Waals surface area contributed by atoms with E-state index in [4.69, 9.17) is 23.7 Å². The first-order valence-electron chi connectivity index (χ1n) is 19.4. The van der Waals surface area contributed by atoms with Gasteiger partial charge in [-0.25, -0.2) is 0 Å². The van der Waals surface area contributed by atoms with Crippen LogP contribution >= 0.6 is 0 Å². The number of aromatic hydroxyl groups is 2. The van der Waals surface area contributed by atoms with Gasteiger partial charge < -0.3 is 59.2 Å². The Morgan fingerprint density at radius 3 is 2.28 bits per heavy atom. The van der Waals surface area contributed by atoms with E-state index in [0.717, 1.165) is 0 Å². The van der Waals surface area contributed by atoms with Gasteiger partial charge in [0.2, 0.25) is 12.1 Å². The zero-order valence-corrected chi connectivity index (χ0v) is 34.2. The molecule has 3 aliphatic rings. The maximum Gasteiger partial charge on any atom is 0.305 e. The van der Waals surface area contributed by atoms with Crippen LogP contribution in [0, 0.1) is 0 Å². The molecule has 58 heavy (non-hydrogen) atoms. The smallest absolute Gasteiger partial charge is 0.305 e. The normalized spacial score (nSPS) is 24.0. The highest BCUT2D eigenvalue weighted by molar-refractivity contribution is 6.31. The number of carbonyl (C=O) groups excluding carboxylic acids is 5. The van der Waals surface area contributed by atoms with Crippen molar-refractivity contribution >= 4 is 29.4 Å². The molecule has 318 valence electrons. The molecule has 0 radical (unpaired) electrons. The number of fused-ring (bicyclic) bond motifs is 3. The number of ketones is 2. The van der Waals surface area contributed by atoms with E-state index < -0.39 is 107 Å². The number of methoxy groups -OCH3 is 1. The van der Waals surface area contributed by atoms with Gasteiger partial charge in [0.05, 0.1) is 42.1 Å². The van der Waals surface area contributed by atoms with Crippen LogP contribution < -0.4 is 10.1 Å². The van der Waals surface area contributed by atoms with Gasteiger partial charge in [0.1, 0.15) is 22.8 Å². The zero-order valence-electron chi connectivity index (χ0n) is 34.2. The number of phenolic OH excluding ortho intramolecular Hbond substituents is 2. The van der Waals surface area contributed by atoms with Crippen molar-refractivity contribution in [2.45, 2.75) is 115 Å². The fourth-order valence-corrected chi connectivity index (χ4v) is 7.81. The van der Waals surface area contributed by atoms with Gasteiger partial charge in [0, 0.05) is 88.4 Å². The number of ether oxygens (including phenoxy) is 5. The van der Waals surface area contributed by atoms with E-state index in [2.05, 4.69) is 5.32 Å². The Hall–Kier alpha value is -4.65. The third-order valence-electron chi connectivity index (χ3n) is 11.1. The van der Waals surface area contributed by atoms with Gasteiger partial charge in [0.25, 0.3) is 5.91 Å². The number of phenols is 2. The Labute approximate surface area is 337 Å². The lowest BCUT2D eigenvalue weighted by Gasteiger charge is -2.43. The fourth-order valence-electron chi connectivity index (χ4n) is 7.81.